The highest BCUT2D eigenvalue weighted by Crippen LogP contribution is 2.18. The number of likely N-dealkylation sites (tertiary alicyclic amines) is 1. The third-order valence-electron chi connectivity index (χ3n) is 4.16. The van der Waals surface area contributed by atoms with Gasteiger partial charge in [-0.3, -0.25) is 0 Å². The van der Waals surface area contributed by atoms with E-state index < -0.39 is 0 Å². The molecule has 3 heterocycles. The fraction of sp³-hybridized carbons (Fsp3) is 0.667. The zero-order chi connectivity index (χ0) is 15.2. The lowest BCUT2D eigenvalue weighted by Crippen LogP contribution is -2.30. The number of anilines is 1. The van der Waals surface area contributed by atoms with Crippen molar-refractivity contribution < 1.29 is 5.11 Å². The summed E-state index contributed by atoms with van der Waals surface area (Å²) in [5.41, 5.74) is 0.765. The number of hydrogen-bond donors (Lipinski definition) is 2. The monoisotopic (exact) mass is 304 g/mol. The Kier molecular flexibility index (Phi) is 5.18. The van der Waals surface area contributed by atoms with Gasteiger partial charge in [-0.15, -0.1) is 0 Å². The topological polar surface area (TPSA) is 79.1 Å². The smallest absolute Gasteiger partial charge is 0.163 e. The summed E-state index contributed by atoms with van der Waals surface area (Å²) in [6.07, 6.45) is 8.66. The first-order valence-electron chi connectivity index (χ1n) is 8.12. The Morgan fingerprint density at radius 1 is 1.09 bits per heavy atom. The molecule has 2 aromatic rings. The van der Waals surface area contributed by atoms with Crippen molar-refractivity contribution in [2.45, 2.75) is 32.2 Å². The van der Waals surface area contributed by atoms with Crippen LogP contribution in [0.2, 0.25) is 0 Å². The zero-order valence-electron chi connectivity index (χ0n) is 12.9. The molecule has 7 nitrogen and oxygen atoms in total. The lowest BCUT2D eigenvalue weighted by Gasteiger charge is -2.19. The average Bonchev–Trinajstić information content (AvgIpc) is 2.78. The molecule has 1 aliphatic heterocycles. The van der Waals surface area contributed by atoms with E-state index in [-0.39, 0.29) is 6.61 Å². The fourth-order valence-electron chi connectivity index (χ4n) is 2.98. The van der Waals surface area contributed by atoms with Crippen LogP contribution < -0.4 is 5.32 Å². The Bertz CT molecular complexity index is 591. The van der Waals surface area contributed by atoms with Crippen LogP contribution in [0.25, 0.3) is 11.0 Å². The fourth-order valence-corrected chi connectivity index (χ4v) is 2.98. The summed E-state index contributed by atoms with van der Waals surface area (Å²) < 4.78 is 1.71. The Labute approximate surface area is 130 Å². The molecule has 0 radical (unpaired) electrons. The van der Waals surface area contributed by atoms with Crippen molar-refractivity contribution in [2.24, 2.45) is 0 Å². The highest BCUT2D eigenvalue weighted by molar-refractivity contribution is 5.85. The van der Waals surface area contributed by atoms with Crippen molar-refractivity contribution in [1.82, 2.24) is 24.6 Å². The van der Waals surface area contributed by atoms with Crippen molar-refractivity contribution in [1.29, 1.82) is 0 Å². The van der Waals surface area contributed by atoms with Crippen molar-refractivity contribution in [3.8, 4) is 0 Å². The molecule has 0 unspecified atom stereocenters. The summed E-state index contributed by atoms with van der Waals surface area (Å²) in [5.74, 6) is 0.823. The summed E-state index contributed by atoms with van der Waals surface area (Å²) in [4.78, 5) is 11.1. The number of hydrogen-bond acceptors (Lipinski definition) is 6. The van der Waals surface area contributed by atoms with Gasteiger partial charge in [0, 0.05) is 13.1 Å². The molecule has 22 heavy (non-hydrogen) atoms. The first kappa shape index (κ1) is 15.2. The Morgan fingerprint density at radius 2 is 1.91 bits per heavy atom. The highest BCUT2D eigenvalue weighted by atomic mass is 16.3. The Morgan fingerprint density at radius 3 is 2.68 bits per heavy atom. The van der Waals surface area contributed by atoms with Crippen LogP contribution in [0.3, 0.4) is 0 Å². The van der Waals surface area contributed by atoms with Crippen LogP contribution in [0.15, 0.2) is 12.5 Å². The molecule has 0 atom stereocenters. The van der Waals surface area contributed by atoms with Crippen LogP contribution in [-0.4, -0.2) is 62.5 Å². The molecule has 1 aliphatic rings. The molecule has 0 aromatic carbocycles. The number of nitrogens with one attached hydrogen (secondary N) is 1. The summed E-state index contributed by atoms with van der Waals surface area (Å²) in [6, 6.07) is 0. The third kappa shape index (κ3) is 3.53. The summed E-state index contributed by atoms with van der Waals surface area (Å²) in [7, 11) is 0. The van der Waals surface area contributed by atoms with Crippen LogP contribution in [0.4, 0.5) is 5.82 Å². The van der Waals surface area contributed by atoms with Gasteiger partial charge in [0.2, 0.25) is 0 Å². The first-order valence-corrected chi connectivity index (χ1v) is 8.12. The molecule has 120 valence electrons. The normalized spacial score (nSPS) is 16.8. The number of nitrogens with zero attached hydrogens (tertiary/aromatic N) is 5. The molecule has 0 spiro atoms. The highest BCUT2D eigenvalue weighted by Gasteiger charge is 2.11. The van der Waals surface area contributed by atoms with E-state index in [4.69, 9.17) is 5.11 Å². The van der Waals surface area contributed by atoms with E-state index in [9.17, 15) is 0 Å². The third-order valence-corrected chi connectivity index (χ3v) is 4.16. The van der Waals surface area contributed by atoms with Gasteiger partial charge in [0.1, 0.15) is 12.1 Å². The lowest BCUT2D eigenvalue weighted by atomic mass is 10.2. The predicted octanol–water partition coefficient (Wildman–Crippen LogP) is 1.11. The van der Waals surface area contributed by atoms with E-state index in [0.29, 0.717) is 6.54 Å². The second-order valence-corrected chi connectivity index (χ2v) is 5.73. The van der Waals surface area contributed by atoms with E-state index in [1.807, 2.05) is 0 Å². The lowest BCUT2D eigenvalue weighted by molar-refractivity contribution is 0.271. The molecule has 0 aliphatic carbocycles. The van der Waals surface area contributed by atoms with Crippen LogP contribution >= 0.6 is 0 Å². The maximum absolute atomic E-state index is 9.05. The van der Waals surface area contributed by atoms with Crippen molar-refractivity contribution in [2.75, 3.05) is 38.1 Å². The molecular formula is C15H24N6O. The van der Waals surface area contributed by atoms with Gasteiger partial charge in [0.15, 0.2) is 5.65 Å². The molecular weight excluding hydrogens is 280 g/mol. The minimum Gasteiger partial charge on any atom is -0.394 e. The van der Waals surface area contributed by atoms with E-state index in [1.54, 1.807) is 17.2 Å². The van der Waals surface area contributed by atoms with Crippen molar-refractivity contribution >= 4 is 16.9 Å². The Hall–Kier alpha value is -1.73. The molecule has 1 saturated heterocycles. The van der Waals surface area contributed by atoms with Crippen LogP contribution in [-0.2, 0) is 6.54 Å². The molecule has 1 fully saturated rings. The molecule has 0 bridgehead atoms. The van der Waals surface area contributed by atoms with E-state index in [0.717, 1.165) is 29.9 Å². The van der Waals surface area contributed by atoms with Crippen molar-refractivity contribution in [3.05, 3.63) is 12.5 Å². The van der Waals surface area contributed by atoms with Gasteiger partial charge in [0.05, 0.1) is 24.7 Å². The maximum atomic E-state index is 9.05. The van der Waals surface area contributed by atoms with Gasteiger partial charge in [-0.1, -0.05) is 12.8 Å². The number of aromatic nitrogens is 4. The van der Waals surface area contributed by atoms with Crippen LogP contribution in [0.1, 0.15) is 25.7 Å². The second kappa shape index (κ2) is 7.51. The average molecular weight is 304 g/mol. The van der Waals surface area contributed by atoms with E-state index in [2.05, 4.69) is 25.3 Å². The predicted molar refractivity (Wildman–Crippen MR) is 85.8 cm³/mol. The van der Waals surface area contributed by atoms with Gasteiger partial charge < -0.3 is 15.3 Å². The summed E-state index contributed by atoms with van der Waals surface area (Å²) in [5, 5.41) is 17.6. The van der Waals surface area contributed by atoms with Crippen LogP contribution in [0.5, 0.6) is 0 Å². The minimum atomic E-state index is 0.0541. The second-order valence-electron chi connectivity index (χ2n) is 5.73. The summed E-state index contributed by atoms with van der Waals surface area (Å²) in [6.45, 7) is 4.82. The Balaban J connectivity index is 1.61. The number of fused-ring (bicyclic) bond motifs is 1. The van der Waals surface area contributed by atoms with Gasteiger partial charge in [-0.05, 0) is 25.9 Å². The molecule has 3 rings (SSSR count). The zero-order valence-corrected chi connectivity index (χ0v) is 12.9. The molecule has 7 heteroatoms. The van der Waals surface area contributed by atoms with E-state index >= 15 is 0 Å². The number of aliphatic hydroxyl groups is 1. The molecule has 0 amide bonds. The van der Waals surface area contributed by atoms with Gasteiger partial charge >= 0.3 is 0 Å². The van der Waals surface area contributed by atoms with Crippen molar-refractivity contribution in [3.63, 3.8) is 0 Å². The number of rotatable bonds is 6. The minimum absolute atomic E-state index is 0.0541. The quantitative estimate of drug-likeness (QED) is 0.832. The maximum Gasteiger partial charge on any atom is 0.163 e. The van der Waals surface area contributed by atoms with Gasteiger partial charge in [-0.25, -0.2) is 14.6 Å². The van der Waals surface area contributed by atoms with Gasteiger partial charge in [0.25, 0.3) is 0 Å². The summed E-state index contributed by atoms with van der Waals surface area (Å²) >= 11 is 0. The van der Waals surface area contributed by atoms with E-state index in [1.165, 1.54) is 38.8 Å². The first-order chi connectivity index (χ1) is 10.9. The number of aliphatic hydroxyl groups excluding tert-OH is 1. The SMILES string of the molecule is OCCn1ncc2c(NCCN3CCCCCC3)ncnc21. The van der Waals surface area contributed by atoms with Crippen LogP contribution in [0, 0.1) is 0 Å². The standard InChI is InChI=1S/C15H24N6O/c22-10-9-21-15-13(11-19-21)14(17-12-18-15)16-5-8-20-6-3-1-2-4-7-20/h11-12,22H,1-10H2,(H,16,17,18). The molecule has 2 N–H and O–H groups in total. The van der Waals surface area contributed by atoms with Gasteiger partial charge in [-0.2, -0.15) is 5.10 Å². The molecule has 2 aromatic heterocycles. The molecule has 0 saturated carbocycles. The largest absolute Gasteiger partial charge is 0.394 e.